The van der Waals surface area contributed by atoms with Crippen LogP contribution < -0.4 is 10.2 Å². The van der Waals surface area contributed by atoms with Crippen molar-refractivity contribution in [3.05, 3.63) is 88.2 Å². The number of nitro benzene ring substituents is 1. The summed E-state index contributed by atoms with van der Waals surface area (Å²) in [6.45, 7) is 1.70. The Kier molecular flexibility index (Phi) is 7.01. The van der Waals surface area contributed by atoms with E-state index in [0.717, 1.165) is 54.3 Å². The zero-order valence-corrected chi connectivity index (χ0v) is 18.4. The monoisotopic (exact) mass is 448 g/mol. The Morgan fingerprint density at radius 1 is 1.09 bits per heavy atom. The molecule has 0 unspecified atom stereocenters. The minimum Gasteiger partial charge on any atom is -0.371 e. The van der Waals surface area contributed by atoms with Crippen molar-refractivity contribution in [1.82, 2.24) is 4.98 Å². The maximum atomic E-state index is 13.1. The number of piperidine rings is 1. The first-order valence-corrected chi connectivity index (χ1v) is 11.6. The van der Waals surface area contributed by atoms with Crippen molar-refractivity contribution in [2.45, 2.75) is 29.9 Å². The summed E-state index contributed by atoms with van der Waals surface area (Å²) in [5, 5.41) is 14.2. The Bertz CT molecular complexity index is 1080. The summed E-state index contributed by atoms with van der Waals surface area (Å²) in [7, 11) is 0. The molecule has 1 saturated heterocycles. The Hall–Kier alpha value is -3.39. The van der Waals surface area contributed by atoms with E-state index in [1.165, 1.54) is 12.1 Å². The van der Waals surface area contributed by atoms with E-state index in [1.807, 2.05) is 42.6 Å². The number of carbonyl (C=O) groups is 1. The van der Waals surface area contributed by atoms with E-state index in [2.05, 4.69) is 15.2 Å². The van der Waals surface area contributed by atoms with Crippen LogP contribution in [0.1, 0.15) is 35.2 Å². The van der Waals surface area contributed by atoms with Gasteiger partial charge >= 0.3 is 0 Å². The fourth-order valence-electron chi connectivity index (χ4n) is 3.71. The zero-order chi connectivity index (χ0) is 22.3. The second-order valence-electron chi connectivity index (χ2n) is 7.63. The lowest BCUT2D eigenvalue weighted by Crippen LogP contribution is -2.31. The van der Waals surface area contributed by atoms with Gasteiger partial charge in [0.05, 0.1) is 16.2 Å². The molecule has 0 aliphatic carbocycles. The largest absolute Gasteiger partial charge is 0.371 e. The number of amides is 1. The van der Waals surface area contributed by atoms with Crippen molar-refractivity contribution < 1.29 is 9.72 Å². The Morgan fingerprint density at radius 2 is 1.88 bits per heavy atom. The molecule has 0 atom stereocenters. The van der Waals surface area contributed by atoms with Crippen molar-refractivity contribution in [2.75, 3.05) is 23.3 Å². The molecule has 164 valence electrons. The highest BCUT2D eigenvalue weighted by atomic mass is 32.2. The molecule has 0 bridgehead atoms. The smallest absolute Gasteiger partial charge is 0.270 e. The molecule has 2 heterocycles. The standard InChI is InChI=1S/C24H24N4O3S/c29-24(22-15-20(28(30)31)8-11-23(22)27-13-2-1-3-14-27)26-19-6-9-21(10-7-19)32-17-18-5-4-12-25-16-18/h4-12,15-16H,1-3,13-14,17H2,(H,26,29). The quantitative estimate of drug-likeness (QED) is 0.291. The van der Waals surface area contributed by atoms with Crippen LogP contribution in [0.5, 0.6) is 0 Å². The van der Waals surface area contributed by atoms with Crippen LogP contribution in [-0.4, -0.2) is 28.9 Å². The number of aromatic nitrogens is 1. The zero-order valence-electron chi connectivity index (χ0n) is 17.6. The number of benzene rings is 2. The van der Waals surface area contributed by atoms with Crippen LogP contribution in [0.3, 0.4) is 0 Å². The molecule has 4 rings (SSSR count). The molecule has 0 spiro atoms. The third kappa shape index (κ3) is 5.45. The molecule has 1 aliphatic heterocycles. The summed E-state index contributed by atoms with van der Waals surface area (Å²) < 4.78 is 0. The van der Waals surface area contributed by atoms with Gasteiger partial charge < -0.3 is 10.2 Å². The summed E-state index contributed by atoms with van der Waals surface area (Å²) >= 11 is 1.69. The van der Waals surface area contributed by atoms with Gasteiger partial charge in [0.1, 0.15) is 0 Å². The first kappa shape index (κ1) is 21.8. The summed E-state index contributed by atoms with van der Waals surface area (Å²) in [6, 6.07) is 16.1. The number of non-ortho nitro benzene ring substituents is 1. The molecule has 1 aliphatic rings. The molecule has 8 heteroatoms. The second kappa shape index (κ2) is 10.3. The first-order valence-electron chi connectivity index (χ1n) is 10.6. The van der Waals surface area contributed by atoms with E-state index in [-0.39, 0.29) is 11.6 Å². The van der Waals surface area contributed by atoms with Gasteiger partial charge in [-0.1, -0.05) is 6.07 Å². The third-order valence-electron chi connectivity index (χ3n) is 5.37. The summed E-state index contributed by atoms with van der Waals surface area (Å²) in [4.78, 5) is 31.2. The maximum Gasteiger partial charge on any atom is 0.270 e. The van der Waals surface area contributed by atoms with Gasteiger partial charge in [0.15, 0.2) is 0 Å². The van der Waals surface area contributed by atoms with Crippen LogP contribution in [0, 0.1) is 10.1 Å². The van der Waals surface area contributed by atoms with Crippen molar-refractivity contribution >= 4 is 34.7 Å². The fraction of sp³-hybridized carbons (Fsp3) is 0.250. The predicted molar refractivity (Wildman–Crippen MR) is 127 cm³/mol. The van der Waals surface area contributed by atoms with Gasteiger partial charge in [-0.05, 0) is 61.2 Å². The van der Waals surface area contributed by atoms with Crippen LogP contribution >= 0.6 is 11.8 Å². The molecule has 1 fully saturated rings. The van der Waals surface area contributed by atoms with E-state index in [9.17, 15) is 14.9 Å². The number of hydrogen-bond donors (Lipinski definition) is 1. The molecule has 0 saturated carbocycles. The fourth-order valence-corrected chi connectivity index (χ4v) is 4.55. The van der Waals surface area contributed by atoms with Crippen LogP contribution in [0.4, 0.5) is 17.1 Å². The SMILES string of the molecule is O=C(Nc1ccc(SCc2cccnc2)cc1)c1cc([N+](=O)[O-])ccc1N1CCCCC1. The number of anilines is 2. The number of nitro groups is 1. The number of nitrogens with zero attached hydrogens (tertiary/aromatic N) is 3. The van der Waals surface area contributed by atoms with Crippen molar-refractivity contribution in [3.63, 3.8) is 0 Å². The lowest BCUT2D eigenvalue weighted by Gasteiger charge is -2.30. The molecule has 0 radical (unpaired) electrons. The number of hydrogen-bond acceptors (Lipinski definition) is 6. The van der Waals surface area contributed by atoms with Gasteiger partial charge in [0.25, 0.3) is 11.6 Å². The van der Waals surface area contributed by atoms with Gasteiger partial charge in [0, 0.05) is 54.0 Å². The van der Waals surface area contributed by atoms with E-state index in [4.69, 9.17) is 0 Å². The van der Waals surface area contributed by atoms with Gasteiger partial charge in [0.2, 0.25) is 0 Å². The maximum absolute atomic E-state index is 13.1. The molecule has 3 aromatic rings. The Morgan fingerprint density at radius 3 is 2.56 bits per heavy atom. The normalized spacial score (nSPS) is 13.6. The molecule has 1 N–H and O–H groups in total. The minimum atomic E-state index is -0.467. The van der Waals surface area contributed by atoms with Crippen molar-refractivity contribution in [1.29, 1.82) is 0 Å². The number of thioether (sulfide) groups is 1. The van der Waals surface area contributed by atoms with E-state index in [1.54, 1.807) is 24.0 Å². The number of pyridine rings is 1. The van der Waals surface area contributed by atoms with Crippen LogP contribution in [-0.2, 0) is 5.75 Å². The minimum absolute atomic E-state index is 0.0851. The molecular weight excluding hydrogens is 424 g/mol. The lowest BCUT2D eigenvalue weighted by molar-refractivity contribution is -0.384. The predicted octanol–water partition coefficient (Wildman–Crippen LogP) is 5.52. The van der Waals surface area contributed by atoms with Gasteiger partial charge in [-0.25, -0.2) is 0 Å². The number of rotatable bonds is 7. The van der Waals surface area contributed by atoms with E-state index in [0.29, 0.717) is 11.3 Å². The second-order valence-corrected chi connectivity index (χ2v) is 8.68. The average Bonchev–Trinajstić information content (AvgIpc) is 2.84. The first-order chi connectivity index (χ1) is 15.6. The van der Waals surface area contributed by atoms with Gasteiger partial charge in [-0.15, -0.1) is 11.8 Å². The Balaban J connectivity index is 1.47. The van der Waals surface area contributed by atoms with Crippen molar-refractivity contribution in [2.24, 2.45) is 0 Å². The summed E-state index contributed by atoms with van der Waals surface area (Å²) in [5.74, 6) is 0.469. The van der Waals surface area contributed by atoms with E-state index < -0.39 is 4.92 Å². The third-order valence-corrected chi connectivity index (χ3v) is 6.46. The van der Waals surface area contributed by atoms with Crippen LogP contribution in [0.25, 0.3) is 0 Å². The lowest BCUT2D eigenvalue weighted by atomic mass is 10.1. The van der Waals surface area contributed by atoms with E-state index >= 15 is 0 Å². The summed E-state index contributed by atoms with van der Waals surface area (Å²) in [6.07, 6.45) is 6.87. The van der Waals surface area contributed by atoms with Crippen molar-refractivity contribution in [3.8, 4) is 0 Å². The highest BCUT2D eigenvalue weighted by Gasteiger charge is 2.22. The topological polar surface area (TPSA) is 88.4 Å². The average molecular weight is 449 g/mol. The molecule has 2 aromatic carbocycles. The summed E-state index contributed by atoms with van der Waals surface area (Å²) in [5.41, 5.74) is 2.79. The molecule has 32 heavy (non-hydrogen) atoms. The van der Waals surface area contributed by atoms with Crippen LogP contribution in [0.15, 0.2) is 71.9 Å². The van der Waals surface area contributed by atoms with Gasteiger partial charge in [-0.3, -0.25) is 19.9 Å². The highest BCUT2D eigenvalue weighted by Crippen LogP contribution is 2.29. The molecular formula is C24H24N4O3S. The molecule has 7 nitrogen and oxygen atoms in total. The molecule has 1 amide bonds. The number of nitrogens with one attached hydrogen (secondary N) is 1. The van der Waals surface area contributed by atoms with Gasteiger partial charge in [-0.2, -0.15) is 0 Å². The number of carbonyl (C=O) groups excluding carboxylic acids is 1. The van der Waals surface area contributed by atoms with Crippen LogP contribution in [0.2, 0.25) is 0 Å². The Labute approximate surface area is 191 Å². The molecule has 1 aromatic heterocycles. The highest BCUT2D eigenvalue weighted by molar-refractivity contribution is 7.98.